The van der Waals surface area contributed by atoms with Gasteiger partial charge in [0.2, 0.25) is 0 Å². The number of hydrogen-bond acceptors (Lipinski definition) is 5. The Balaban J connectivity index is 1.81. The van der Waals surface area contributed by atoms with Crippen LogP contribution in [0.1, 0.15) is 18.4 Å². The summed E-state index contributed by atoms with van der Waals surface area (Å²) in [5, 5.41) is 19.1. The number of rotatable bonds is 5. The van der Waals surface area contributed by atoms with E-state index in [2.05, 4.69) is 20.9 Å². The Hall–Kier alpha value is -3.11. The number of nitriles is 1. The van der Waals surface area contributed by atoms with E-state index in [1.54, 1.807) is 6.08 Å². The van der Waals surface area contributed by atoms with Gasteiger partial charge in [-0.15, -0.1) is 0 Å². The monoisotopic (exact) mass is 366 g/mol. The first-order chi connectivity index (χ1) is 13.0. The second-order valence-electron chi connectivity index (χ2n) is 6.72. The molecule has 1 aromatic heterocycles. The third-order valence-corrected chi connectivity index (χ3v) is 5.09. The van der Waals surface area contributed by atoms with Crippen LogP contribution in [0, 0.1) is 11.3 Å². The van der Waals surface area contributed by atoms with Crippen molar-refractivity contribution in [2.45, 2.75) is 18.9 Å². The van der Waals surface area contributed by atoms with Gasteiger partial charge in [0.1, 0.15) is 11.6 Å². The summed E-state index contributed by atoms with van der Waals surface area (Å²) in [7, 11) is 1.94. The first kappa shape index (κ1) is 18.7. The number of carboxylic acids is 1. The van der Waals surface area contributed by atoms with Crippen LogP contribution in [0.25, 0.3) is 10.9 Å². The van der Waals surface area contributed by atoms with E-state index in [1.807, 2.05) is 31.3 Å². The fraction of sp³-hybridized carbons (Fsp3) is 0.350. The number of likely N-dealkylation sites (tertiary alicyclic amines) is 1. The minimum atomic E-state index is -0.935. The van der Waals surface area contributed by atoms with E-state index < -0.39 is 5.97 Å². The Morgan fingerprint density at radius 1 is 1.41 bits per heavy atom. The zero-order chi connectivity index (χ0) is 19.4. The second kappa shape index (κ2) is 8.06. The molecule has 0 unspecified atom stereocenters. The second-order valence-corrected chi connectivity index (χ2v) is 6.72. The van der Waals surface area contributed by atoms with Gasteiger partial charge in [0.05, 0.1) is 11.2 Å². The van der Waals surface area contributed by atoms with Crippen molar-refractivity contribution >= 4 is 22.6 Å². The zero-order valence-electron chi connectivity index (χ0n) is 15.2. The van der Waals surface area contributed by atoms with Crippen molar-refractivity contribution in [3.63, 3.8) is 0 Å². The van der Waals surface area contributed by atoms with Crippen LogP contribution in [0.4, 0.5) is 5.69 Å². The highest BCUT2D eigenvalue weighted by Crippen LogP contribution is 2.30. The number of aromatic nitrogens is 1. The van der Waals surface area contributed by atoms with Crippen molar-refractivity contribution in [3.05, 3.63) is 52.3 Å². The normalized spacial score (nSPS) is 15.9. The number of piperidine rings is 1. The summed E-state index contributed by atoms with van der Waals surface area (Å²) >= 11 is 0. The molecule has 7 nitrogen and oxygen atoms in total. The molecule has 1 aliphatic rings. The summed E-state index contributed by atoms with van der Waals surface area (Å²) in [4.78, 5) is 29.9. The number of pyridine rings is 1. The number of nitrogens with zero attached hydrogens (tertiary/aromatic N) is 3. The smallest absolute Gasteiger partial charge is 0.328 e. The van der Waals surface area contributed by atoms with Gasteiger partial charge < -0.3 is 15.0 Å². The van der Waals surface area contributed by atoms with Crippen molar-refractivity contribution in [2.24, 2.45) is 0 Å². The highest BCUT2D eigenvalue weighted by molar-refractivity contribution is 5.94. The van der Waals surface area contributed by atoms with Crippen LogP contribution in [-0.2, 0) is 4.79 Å². The molecule has 7 heteroatoms. The highest BCUT2D eigenvalue weighted by atomic mass is 16.4. The molecule has 2 aromatic rings. The lowest BCUT2D eigenvalue weighted by Gasteiger charge is -2.38. The van der Waals surface area contributed by atoms with Crippen molar-refractivity contribution in [1.29, 1.82) is 5.26 Å². The average molecular weight is 366 g/mol. The Labute approximate surface area is 157 Å². The molecule has 1 fully saturated rings. The average Bonchev–Trinajstić information content (AvgIpc) is 2.66. The van der Waals surface area contributed by atoms with Gasteiger partial charge in [-0.3, -0.25) is 9.69 Å². The molecule has 2 N–H and O–H groups in total. The predicted octanol–water partition coefficient (Wildman–Crippen LogP) is 1.94. The fourth-order valence-electron chi connectivity index (χ4n) is 3.67. The molecule has 0 atom stereocenters. The van der Waals surface area contributed by atoms with Crippen LogP contribution in [0.5, 0.6) is 0 Å². The van der Waals surface area contributed by atoms with E-state index in [-0.39, 0.29) is 17.2 Å². The quantitative estimate of drug-likeness (QED) is 0.785. The van der Waals surface area contributed by atoms with E-state index in [0.29, 0.717) is 12.2 Å². The van der Waals surface area contributed by atoms with Crippen molar-refractivity contribution in [3.8, 4) is 6.07 Å². The molecule has 0 saturated carbocycles. The maximum absolute atomic E-state index is 12.3. The van der Waals surface area contributed by atoms with Crippen molar-refractivity contribution in [1.82, 2.24) is 9.88 Å². The van der Waals surface area contributed by atoms with Gasteiger partial charge in [-0.25, -0.2) is 4.79 Å². The molecule has 0 spiro atoms. The SMILES string of the molecule is CN(c1c(C#N)c(=O)[nH]c2ccccc12)C1CCN(CC=CC(=O)O)CC1. The summed E-state index contributed by atoms with van der Waals surface area (Å²) in [6, 6.07) is 9.79. The Morgan fingerprint density at radius 2 is 2.11 bits per heavy atom. The Bertz CT molecular complexity index is 965. The number of carboxylic acid groups (broad SMARTS) is 1. The number of aromatic amines is 1. The standard InChI is InChI=1S/C20H22N4O3/c1-23(14-8-11-24(12-9-14)10-4-7-18(25)26)19-15-5-2-3-6-17(15)22-20(27)16(19)13-21/h2-7,14H,8-12H2,1H3,(H,22,27)(H,25,26). The third kappa shape index (κ3) is 4.01. The number of anilines is 1. The van der Waals surface area contributed by atoms with Gasteiger partial charge in [0, 0.05) is 44.2 Å². The van der Waals surface area contributed by atoms with Gasteiger partial charge in [-0.05, 0) is 18.9 Å². The number of aliphatic carboxylic acids is 1. The molecule has 2 heterocycles. The summed E-state index contributed by atoms with van der Waals surface area (Å²) in [5.74, 6) is -0.935. The van der Waals surface area contributed by atoms with E-state index in [1.165, 1.54) is 6.08 Å². The molecular weight excluding hydrogens is 344 g/mol. The molecule has 1 aromatic carbocycles. The number of hydrogen-bond donors (Lipinski definition) is 2. The summed E-state index contributed by atoms with van der Waals surface area (Å²) < 4.78 is 0. The molecule has 0 amide bonds. The largest absolute Gasteiger partial charge is 0.478 e. The van der Waals surface area contributed by atoms with Crippen LogP contribution in [-0.4, -0.2) is 53.7 Å². The van der Waals surface area contributed by atoms with Gasteiger partial charge in [-0.1, -0.05) is 24.3 Å². The maximum atomic E-state index is 12.3. The minimum Gasteiger partial charge on any atom is -0.478 e. The van der Waals surface area contributed by atoms with Crippen LogP contribution in [0.2, 0.25) is 0 Å². The first-order valence-corrected chi connectivity index (χ1v) is 8.91. The predicted molar refractivity (Wildman–Crippen MR) is 104 cm³/mol. The number of fused-ring (bicyclic) bond motifs is 1. The summed E-state index contributed by atoms with van der Waals surface area (Å²) in [6.07, 6.45) is 4.58. The molecule has 1 aliphatic heterocycles. The first-order valence-electron chi connectivity index (χ1n) is 8.91. The van der Waals surface area contributed by atoms with Crippen LogP contribution >= 0.6 is 0 Å². The molecule has 27 heavy (non-hydrogen) atoms. The van der Waals surface area contributed by atoms with Gasteiger partial charge in [-0.2, -0.15) is 5.26 Å². The topological polar surface area (TPSA) is 100 Å². The molecule has 0 aliphatic carbocycles. The number of H-pyrrole nitrogens is 1. The van der Waals surface area contributed by atoms with Crippen LogP contribution < -0.4 is 10.5 Å². The van der Waals surface area contributed by atoms with Crippen LogP contribution in [0.3, 0.4) is 0 Å². The van der Waals surface area contributed by atoms with E-state index in [0.717, 1.165) is 36.8 Å². The third-order valence-electron chi connectivity index (χ3n) is 5.09. The summed E-state index contributed by atoms with van der Waals surface area (Å²) in [5.41, 5.74) is 1.18. The zero-order valence-corrected chi connectivity index (χ0v) is 15.2. The molecule has 1 saturated heterocycles. The van der Waals surface area contributed by atoms with Crippen molar-refractivity contribution in [2.75, 3.05) is 31.6 Å². The molecular formula is C20H22N4O3. The summed E-state index contributed by atoms with van der Waals surface area (Å²) in [6.45, 7) is 2.28. The van der Waals surface area contributed by atoms with Gasteiger partial charge in [0.25, 0.3) is 5.56 Å². The Kier molecular flexibility index (Phi) is 5.57. The van der Waals surface area contributed by atoms with E-state index >= 15 is 0 Å². The van der Waals surface area contributed by atoms with Gasteiger partial charge >= 0.3 is 5.97 Å². The van der Waals surface area contributed by atoms with Crippen LogP contribution in [0.15, 0.2) is 41.2 Å². The van der Waals surface area contributed by atoms with E-state index in [4.69, 9.17) is 5.11 Å². The number of nitrogens with one attached hydrogen (secondary N) is 1. The van der Waals surface area contributed by atoms with Gasteiger partial charge in [0.15, 0.2) is 0 Å². The lowest BCUT2D eigenvalue weighted by atomic mass is 10.0. The number of para-hydroxylation sites is 1. The Morgan fingerprint density at radius 3 is 2.78 bits per heavy atom. The lowest BCUT2D eigenvalue weighted by Crippen LogP contribution is -2.44. The maximum Gasteiger partial charge on any atom is 0.328 e. The number of benzene rings is 1. The number of carbonyl (C=O) groups is 1. The lowest BCUT2D eigenvalue weighted by molar-refractivity contribution is -0.131. The molecule has 140 valence electrons. The molecule has 0 bridgehead atoms. The molecule has 3 rings (SSSR count). The highest BCUT2D eigenvalue weighted by Gasteiger charge is 2.26. The fourth-order valence-corrected chi connectivity index (χ4v) is 3.67. The van der Waals surface area contributed by atoms with Crippen molar-refractivity contribution < 1.29 is 9.90 Å². The van der Waals surface area contributed by atoms with E-state index in [9.17, 15) is 14.9 Å². The minimum absolute atomic E-state index is 0.142. The molecule has 0 radical (unpaired) electrons.